The standard InChI is InChI=1S/C16H21NO4/c1-2-4-13-12(7-8-21-13)15(18)17-9-10-5-3-6-11(10)14(17)16(19)20/h7-8,10-11,14H,2-6,9H2,1H3,(H,19,20)/t10-,11-,14-/m0/s1. The van der Waals surface area contributed by atoms with Crippen molar-refractivity contribution < 1.29 is 19.1 Å². The number of aryl methyl sites for hydroxylation is 1. The second kappa shape index (κ2) is 5.54. The molecular weight excluding hydrogens is 270 g/mol. The van der Waals surface area contributed by atoms with Crippen molar-refractivity contribution in [1.29, 1.82) is 0 Å². The molecular formula is C16H21NO4. The molecule has 1 aliphatic carbocycles. The van der Waals surface area contributed by atoms with E-state index in [1.807, 2.05) is 6.92 Å². The minimum atomic E-state index is -0.877. The number of hydrogen-bond donors (Lipinski definition) is 1. The van der Waals surface area contributed by atoms with Gasteiger partial charge < -0.3 is 14.4 Å². The van der Waals surface area contributed by atoms with Gasteiger partial charge >= 0.3 is 5.97 Å². The first-order chi connectivity index (χ1) is 10.1. The van der Waals surface area contributed by atoms with Gasteiger partial charge in [0.2, 0.25) is 0 Å². The predicted octanol–water partition coefficient (Wildman–Crippen LogP) is 2.56. The first-order valence-electron chi connectivity index (χ1n) is 7.73. The van der Waals surface area contributed by atoms with E-state index in [0.717, 1.165) is 25.7 Å². The summed E-state index contributed by atoms with van der Waals surface area (Å²) in [4.78, 5) is 25.9. The normalized spacial score (nSPS) is 27.9. The third-order valence-electron chi connectivity index (χ3n) is 4.86. The SMILES string of the molecule is CCCc1occc1C(=O)N1C[C@@H]2CCC[C@@H]2[C@H]1C(=O)O. The van der Waals surface area contributed by atoms with Crippen molar-refractivity contribution in [3.8, 4) is 0 Å². The van der Waals surface area contributed by atoms with Crippen LogP contribution in [0.2, 0.25) is 0 Å². The van der Waals surface area contributed by atoms with E-state index >= 15 is 0 Å². The van der Waals surface area contributed by atoms with Gasteiger partial charge in [-0.1, -0.05) is 13.3 Å². The molecule has 1 saturated heterocycles. The largest absolute Gasteiger partial charge is 0.480 e. The summed E-state index contributed by atoms with van der Waals surface area (Å²) in [7, 11) is 0. The predicted molar refractivity (Wildman–Crippen MR) is 76.0 cm³/mol. The Morgan fingerprint density at radius 3 is 2.95 bits per heavy atom. The second-order valence-corrected chi connectivity index (χ2v) is 6.10. The van der Waals surface area contributed by atoms with Crippen molar-refractivity contribution in [3.63, 3.8) is 0 Å². The maximum Gasteiger partial charge on any atom is 0.326 e. The average molecular weight is 291 g/mol. The highest BCUT2D eigenvalue weighted by molar-refractivity contribution is 5.98. The molecule has 5 heteroatoms. The van der Waals surface area contributed by atoms with Crippen molar-refractivity contribution in [2.45, 2.75) is 45.1 Å². The monoisotopic (exact) mass is 291 g/mol. The van der Waals surface area contributed by atoms with Gasteiger partial charge in [-0.2, -0.15) is 0 Å². The lowest BCUT2D eigenvalue weighted by Gasteiger charge is -2.24. The number of carboxylic acid groups (broad SMARTS) is 1. The van der Waals surface area contributed by atoms with E-state index in [9.17, 15) is 14.7 Å². The third kappa shape index (κ3) is 2.34. The highest BCUT2D eigenvalue weighted by atomic mass is 16.4. The van der Waals surface area contributed by atoms with Crippen LogP contribution in [0.15, 0.2) is 16.7 Å². The third-order valence-corrected chi connectivity index (χ3v) is 4.86. The minimum absolute atomic E-state index is 0.118. The van der Waals surface area contributed by atoms with E-state index in [1.165, 1.54) is 6.26 Å². The van der Waals surface area contributed by atoms with Crippen LogP contribution in [-0.2, 0) is 11.2 Å². The lowest BCUT2D eigenvalue weighted by molar-refractivity contribution is -0.142. The van der Waals surface area contributed by atoms with Crippen molar-refractivity contribution in [2.75, 3.05) is 6.54 Å². The number of carbonyl (C=O) groups is 2. The number of nitrogens with zero attached hydrogens (tertiary/aromatic N) is 1. The van der Waals surface area contributed by atoms with E-state index < -0.39 is 12.0 Å². The number of amides is 1. The number of aliphatic carboxylic acids is 1. The molecule has 2 aliphatic rings. The van der Waals surface area contributed by atoms with Gasteiger partial charge in [-0.25, -0.2) is 4.79 Å². The topological polar surface area (TPSA) is 70.8 Å². The molecule has 1 aromatic heterocycles. The van der Waals surface area contributed by atoms with Gasteiger partial charge in [0.1, 0.15) is 11.8 Å². The summed E-state index contributed by atoms with van der Waals surface area (Å²) >= 11 is 0. The summed E-state index contributed by atoms with van der Waals surface area (Å²) in [6.45, 7) is 2.59. The van der Waals surface area contributed by atoms with Crippen LogP contribution >= 0.6 is 0 Å². The number of fused-ring (bicyclic) bond motifs is 1. The zero-order valence-corrected chi connectivity index (χ0v) is 12.2. The Morgan fingerprint density at radius 2 is 2.24 bits per heavy atom. The molecule has 2 fully saturated rings. The number of carboxylic acids is 1. The van der Waals surface area contributed by atoms with E-state index in [2.05, 4.69) is 0 Å². The molecule has 0 spiro atoms. The summed E-state index contributed by atoms with van der Waals surface area (Å²) in [6, 6.07) is 0.995. The van der Waals surface area contributed by atoms with Crippen LogP contribution in [0.4, 0.5) is 0 Å². The molecule has 0 aromatic carbocycles. The van der Waals surface area contributed by atoms with Crippen molar-refractivity contribution in [2.24, 2.45) is 11.8 Å². The Balaban J connectivity index is 1.86. The fourth-order valence-corrected chi connectivity index (χ4v) is 3.94. The van der Waals surface area contributed by atoms with E-state index in [1.54, 1.807) is 11.0 Å². The van der Waals surface area contributed by atoms with Crippen LogP contribution in [0.1, 0.15) is 48.7 Å². The van der Waals surface area contributed by atoms with Gasteiger partial charge in [-0.3, -0.25) is 4.79 Å². The lowest BCUT2D eigenvalue weighted by Crippen LogP contribution is -2.43. The average Bonchev–Trinajstić information content (AvgIpc) is 3.11. The van der Waals surface area contributed by atoms with Crippen LogP contribution in [0.3, 0.4) is 0 Å². The molecule has 1 saturated carbocycles. The molecule has 114 valence electrons. The number of likely N-dealkylation sites (tertiary alicyclic amines) is 1. The van der Waals surface area contributed by atoms with Crippen LogP contribution in [-0.4, -0.2) is 34.5 Å². The molecule has 3 atom stereocenters. The van der Waals surface area contributed by atoms with Gasteiger partial charge in [0.05, 0.1) is 11.8 Å². The molecule has 1 aromatic rings. The van der Waals surface area contributed by atoms with Crippen molar-refractivity contribution >= 4 is 11.9 Å². The Labute approximate surface area is 123 Å². The van der Waals surface area contributed by atoms with Gasteiger partial charge in [-0.15, -0.1) is 0 Å². The summed E-state index contributed by atoms with van der Waals surface area (Å²) < 4.78 is 5.38. The van der Waals surface area contributed by atoms with Gasteiger partial charge in [-0.05, 0) is 37.2 Å². The molecule has 1 aliphatic heterocycles. The molecule has 0 radical (unpaired) electrons. The van der Waals surface area contributed by atoms with Crippen LogP contribution < -0.4 is 0 Å². The van der Waals surface area contributed by atoms with E-state index in [-0.39, 0.29) is 11.8 Å². The van der Waals surface area contributed by atoms with Gasteiger partial charge in [0, 0.05) is 13.0 Å². The Kier molecular flexibility index (Phi) is 3.74. The van der Waals surface area contributed by atoms with E-state index in [0.29, 0.717) is 30.2 Å². The van der Waals surface area contributed by atoms with Crippen molar-refractivity contribution in [3.05, 3.63) is 23.7 Å². The fourth-order valence-electron chi connectivity index (χ4n) is 3.94. The number of hydrogen-bond acceptors (Lipinski definition) is 3. The Bertz CT molecular complexity index is 550. The van der Waals surface area contributed by atoms with Gasteiger partial charge in [0.25, 0.3) is 5.91 Å². The maximum atomic E-state index is 12.8. The molecule has 1 amide bonds. The molecule has 0 unspecified atom stereocenters. The zero-order valence-electron chi connectivity index (χ0n) is 12.2. The first kappa shape index (κ1) is 14.2. The highest BCUT2D eigenvalue weighted by Crippen LogP contribution is 2.42. The highest BCUT2D eigenvalue weighted by Gasteiger charge is 2.49. The first-order valence-corrected chi connectivity index (χ1v) is 7.73. The van der Waals surface area contributed by atoms with Crippen LogP contribution in [0.25, 0.3) is 0 Å². The summed E-state index contributed by atoms with van der Waals surface area (Å²) in [5.41, 5.74) is 0.531. The summed E-state index contributed by atoms with van der Waals surface area (Å²) in [5.74, 6) is 0.0699. The molecule has 21 heavy (non-hydrogen) atoms. The van der Waals surface area contributed by atoms with Crippen LogP contribution in [0, 0.1) is 11.8 Å². The molecule has 1 N–H and O–H groups in total. The lowest BCUT2D eigenvalue weighted by atomic mass is 9.94. The molecule has 3 rings (SSSR count). The Hall–Kier alpha value is -1.78. The zero-order chi connectivity index (χ0) is 15.0. The quantitative estimate of drug-likeness (QED) is 0.925. The second-order valence-electron chi connectivity index (χ2n) is 6.10. The van der Waals surface area contributed by atoms with Crippen molar-refractivity contribution in [1.82, 2.24) is 4.90 Å². The van der Waals surface area contributed by atoms with Crippen LogP contribution in [0.5, 0.6) is 0 Å². The van der Waals surface area contributed by atoms with Gasteiger partial charge in [0.15, 0.2) is 0 Å². The number of carbonyl (C=O) groups excluding carboxylic acids is 1. The summed E-state index contributed by atoms with van der Waals surface area (Å²) in [5, 5.41) is 9.53. The minimum Gasteiger partial charge on any atom is -0.480 e. The molecule has 0 bridgehead atoms. The Morgan fingerprint density at radius 1 is 1.43 bits per heavy atom. The summed E-state index contributed by atoms with van der Waals surface area (Å²) in [6.07, 6.45) is 6.14. The number of rotatable bonds is 4. The number of furan rings is 1. The molecule has 2 heterocycles. The fraction of sp³-hybridized carbons (Fsp3) is 0.625. The molecule has 5 nitrogen and oxygen atoms in total. The van der Waals surface area contributed by atoms with E-state index in [4.69, 9.17) is 4.42 Å². The smallest absolute Gasteiger partial charge is 0.326 e. The maximum absolute atomic E-state index is 12.8.